The molecule has 0 saturated heterocycles. The van der Waals surface area contributed by atoms with Gasteiger partial charge in [-0.25, -0.2) is 4.98 Å². The molecule has 0 fully saturated rings. The monoisotopic (exact) mass is 231 g/mol. The minimum absolute atomic E-state index is 0.0239. The number of aliphatic hydroxyl groups is 1. The van der Waals surface area contributed by atoms with Crippen molar-refractivity contribution in [1.29, 1.82) is 0 Å². The standard InChI is InChI=1S/C12H13N3O2/c16-7-6-15-8-11(13-9-15)12(17)14-10-4-2-1-3-5-10/h1-5,8-9,16H,6-7H2,(H,14,17). The molecule has 88 valence electrons. The summed E-state index contributed by atoms with van der Waals surface area (Å²) in [6, 6.07) is 9.19. The molecule has 0 spiro atoms. The zero-order valence-corrected chi connectivity index (χ0v) is 9.21. The summed E-state index contributed by atoms with van der Waals surface area (Å²) in [6.07, 6.45) is 3.13. The van der Waals surface area contributed by atoms with Gasteiger partial charge >= 0.3 is 0 Å². The average molecular weight is 231 g/mol. The van der Waals surface area contributed by atoms with Gasteiger partial charge in [0, 0.05) is 18.4 Å². The van der Waals surface area contributed by atoms with Crippen LogP contribution in [0.4, 0.5) is 5.69 Å². The van der Waals surface area contributed by atoms with Crippen LogP contribution in [0.1, 0.15) is 10.5 Å². The van der Waals surface area contributed by atoms with E-state index in [1.54, 1.807) is 10.8 Å². The number of hydrogen-bond acceptors (Lipinski definition) is 3. The van der Waals surface area contributed by atoms with Gasteiger partial charge in [-0.3, -0.25) is 4.79 Å². The fourth-order valence-corrected chi connectivity index (χ4v) is 1.43. The molecule has 0 aliphatic rings. The molecule has 1 aromatic heterocycles. The maximum atomic E-state index is 11.8. The summed E-state index contributed by atoms with van der Waals surface area (Å²) in [5, 5.41) is 11.5. The number of amides is 1. The lowest BCUT2D eigenvalue weighted by atomic mass is 10.3. The molecule has 0 aliphatic heterocycles. The van der Waals surface area contributed by atoms with Gasteiger partial charge in [-0.2, -0.15) is 0 Å². The number of carbonyl (C=O) groups excluding carboxylic acids is 1. The van der Waals surface area contributed by atoms with Crippen molar-refractivity contribution < 1.29 is 9.90 Å². The molecule has 1 aromatic carbocycles. The fourth-order valence-electron chi connectivity index (χ4n) is 1.43. The first kappa shape index (κ1) is 11.3. The molecule has 0 radical (unpaired) electrons. The van der Waals surface area contributed by atoms with Crippen LogP contribution in [0.15, 0.2) is 42.9 Å². The SMILES string of the molecule is O=C(Nc1ccccc1)c1cn(CCO)cn1. The Kier molecular flexibility index (Phi) is 3.52. The van der Waals surface area contributed by atoms with Crippen LogP contribution >= 0.6 is 0 Å². The van der Waals surface area contributed by atoms with Crippen LogP contribution < -0.4 is 5.32 Å². The maximum Gasteiger partial charge on any atom is 0.275 e. The molecule has 17 heavy (non-hydrogen) atoms. The first-order valence-corrected chi connectivity index (χ1v) is 5.28. The molecular formula is C12H13N3O2. The Labute approximate surface area is 98.7 Å². The highest BCUT2D eigenvalue weighted by Crippen LogP contribution is 2.07. The number of aromatic nitrogens is 2. The van der Waals surface area contributed by atoms with Crippen molar-refractivity contribution >= 4 is 11.6 Å². The predicted molar refractivity (Wildman–Crippen MR) is 63.7 cm³/mol. The molecule has 1 amide bonds. The second kappa shape index (κ2) is 5.27. The number of nitrogens with one attached hydrogen (secondary N) is 1. The quantitative estimate of drug-likeness (QED) is 0.828. The Morgan fingerprint density at radius 2 is 2.12 bits per heavy atom. The maximum absolute atomic E-state index is 11.8. The number of rotatable bonds is 4. The van der Waals surface area contributed by atoms with E-state index in [9.17, 15) is 4.79 Å². The van der Waals surface area contributed by atoms with Gasteiger partial charge in [-0.15, -0.1) is 0 Å². The minimum atomic E-state index is -0.257. The number of para-hydroxylation sites is 1. The van der Waals surface area contributed by atoms with Gasteiger partial charge in [0.15, 0.2) is 0 Å². The zero-order chi connectivity index (χ0) is 12.1. The number of anilines is 1. The third kappa shape index (κ3) is 2.92. The number of carbonyl (C=O) groups is 1. The van der Waals surface area contributed by atoms with E-state index in [1.807, 2.05) is 30.3 Å². The highest BCUT2D eigenvalue weighted by atomic mass is 16.3. The number of hydrogen-bond donors (Lipinski definition) is 2. The second-order valence-electron chi connectivity index (χ2n) is 3.54. The molecule has 5 heteroatoms. The molecule has 0 atom stereocenters. The Morgan fingerprint density at radius 1 is 1.35 bits per heavy atom. The number of aliphatic hydroxyl groups excluding tert-OH is 1. The van der Waals surface area contributed by atoms with Gasteiger partial charge in [0.05, 0.1) is 12.9 Å². The normalized spacial score (nSPS) is 10.2. The summed E-state index contributed by atoms with van der Waals surface area (Å²) >= 11 is 0. The van der Waals surface area contributed by atoms with Crippen LogP contribution in [0.5, 0.6) is 0 Å². The summed E-state index contributed by atoms with van der Waals surface area (Å²) in [7, 11) is 0. The van der Waals surface area contributed by atoms with Crippen LogP contribution in [-0.4, -0.2) is 27.2 Å². The zero-order valence-electron chi connectivity index (χ0n) is 9.21. The Bertz CT molecular complexity index is 493. The average Bonchev–Trinajstić information content (AvgIpc) is 2.79. The van der Waals surface area contributed by atoms with E-state index in [-0.39, 0.29) is 12.5 Å². The van der Waals surface area contributed by atoms with E-state index in [4.69, 9.17) is 5.11 Å². The molecule has 2 rings (SSSR count). The predicted octanol–water partition coefficient (Wildman–Crippen LogP) is 1.13. The minimum Gasteiger partial charge on any atom is -0.395 e. The van der Waals surface area contributed by atoms with Crippen LogP contribution in [0.3, 0.4) is 0 Å². The first-order chi connectivity index (χ1) is 8.29. The summed E-state index contributed by atoms with van der Waals surface area (Å²) in [6.45, 7) is 0.460. The summed E-state index contributed by atoms with van der Waals surface area (Å²) < 4.78 is 1.67. The van der Waals surface area contributed by atoms with E-state index in [0.717, 1.165) is 5.69 Å². The third-order valence-corrected chi connectivity index (χ3v) is 2.26. The summed E-state index contributed by atoms with van der Waals surface area (Å²) in [4.78, 5) is 15.8. The molecule has 2 aromatic rings. The van der Waals surface area contributed by atoms with Crippen molar-refractivity contribution in [2.24, 2.45) is 0 Å². The van der Waals surface area contributed by atoms with E-state index in [0.29, 0.717) is 12.2 Å². The van der Waals surface area contributed by atoms with Crippen molar-refractivity contribution in [2.75, 3.05) is 11.9 Å². The molecule has 1 heterocycles. The highest BCUT2D eigenvalue weighted by molar-refractivity contribution is 6.02. The van der Waals surface area contributed by atoms with Gasteiger partial charge in [0.25, 0.3) is 5.91 Å². The van der Waals surface area contributed by atoms with E-state index < -0.39 is 0 Å². The van der Waals surface area contributed by atoms with Crippen molar-refractivity contribution in [3.8, 4) is 0 Å². The van der Waals surface area contributed by atoms with Gasteiger partial charge in [0.1, 0.15) is 5.69 Å². The molecule has 0 bridgehead atoms. The van der Waals surface area contributed by atoms with Crippen LogP contribution in [0, 0.1) is 0 Å². The van der Waals surface area contributed by atoms with Gasteiger partial charge in [-0.05, 0) is 12.1 Å². The first-order valence-electron chi connectivity index (χ1n) is 5.28. The smallest absolute Gasteiger partial charge is 0.275 e. The molecule has 0 saturated carbocycles. The molecule has 0 unspecified atom stereocenters. The molecule has 5 nitrogen and oxygen atoms in total. The molecule has 2 N–H and O–H groups in total. The number of imidazole rings is 1. The van der Waals surface area contributed by atoms with Gasteiger partial charge in [-0.1, -0.05) is 18.2 Å². The summed E-state index contributed by atoms with van der Waals surface area (Å²) in [5.41, 5.74) is 1.07. The molecule has 0 aliphatic carbocycles. The van der Waals surface area contributed by atoms with Crippen molar-refractivity contribution in [1.82, 2.24) is 9.55 Å². The number of nitrogens with zero attached hydrogens (tertiary/aromatic N) is 2. The van der Waals surface area contributed by atoms with Crippen LogP contribution in [0.25, 0.3) is 0 Å². The molecular weight excluding hydrogens is 218 g/mol. The van der Waals surface area contributed by atoms with Crippen molar-refractivity contribution in [3.05, 3.63) is 48.5 Å². The van der Waals surface area contributed by atoms with Crippen molar-refractivity contribution in [2.45, 2.75) is 6.54 Å². The van der Waals surface area contributed by atoms with Crippen LogP contribution in [0.2, 0.25) is 0 Å². The Morgan fingerprint density at radius 3 is 2.82 bits per heavy atom. The Hall–Kier alpha value is -2.14. The lowest BCUT2D eigenvalue weighted by Crippen LogP contribution is -2.12. The van der Waals surface area contributed by atoms with E-state index in [2.05, 4.69) is 10.3 Å². The topological polar surface area (TPSA) is 67.2 Å². The van der Waals surface area contributed by atoms with E-state index >= 15 is 0 Å². The fraction of sp³-hybridized carbons (Fsp3) is 0.167. The lowest BCUT2D eigenvalue weighted by molar-refractivity contribution is 0.102. The number of benzene rings is 1. The Balaban J connectivity index is 2.04. The van der Waals surface area contributed by atoms with Crippen LogP contribution in [-0.2, 0) is 6.54 Å². The van der Waals surface area contributed by atoms with Crippen molar-refractivity contribution in [3.63, 3.8) is 0 Å². The van der Waals surface area contributed by atoms with E-state index in [1.165, 1.54) is 6.33 Å². The highest BCUT2D eigenvalue weighted by Gasteiger charge is 2.08. The second-order valence-corrected chi connectivity index (χ2v) is 3.54. The summed E-state index contributed by atoms with van der Waals surface area (Å²) in [5.74, 6) is -0.257. The van der Waals surface area contributed by atoms with Gasteiger partial charge < -0.3 is 15.0 Å². The van der Waals surface area contributed by atoms with Gasteiger partial charge in [0.2, 0.25) is 0 Å². The largest absolute Gasteiger partial charge is 0.395 e. The third-order valence-electron chi connectivity index (χ3n) is 2.26. The lowest BCUT2D eigenvalue weighted by Gasteiger charge is -2.01.